The zero-order chi connectivity index (χ0) is 24.1. The number of carbonyl (C=O) groups is 1. The zero-order valence-electron chi connectivity index (χ0n) is 20.2. The first-order valence-corrected chi connectivity index (χ1v) is 13.3. The molecule has 0 radical (unpaired) electrons. The molecule has 192 valence electrons. The largest absolute Gasteiger partial charge is 1.00 e. The van der Waals surface area contributed by atoms with E-state index in [1.807, 2.05) is 47.8 Å². The van der Waals surface area contributed by atoms with Gasteiger partial charge in [-0.05, 0) is 35.7 Å². The minimum Gasteiger partial charge on any atom is -1.00 e. The molecule has 0 unspecified atom stereocenters. The van der Waals surface area contributed by atoms with E-state index in [0.29, 0.717) is 19.1 Å². The SMILES string of the molecule is O=C(O[C@H]1C[N+]2(CCCOc3ccccc3)CCC1CC2)N(Cc1cccs1)c1ccccc1F.[Br-]. The fraction of sp³-hybridized carbons (Fsp3) is 0.393. The van der Waals surface area contributed by atoms with Gasteiger partial charge >= 0.3 is 6.09 Å². The average molecular weight is 576 g/mol. The average Bonchev–Trinajstić information content (AvgIpc) is 3.40. The minimum absolute atomic E-state index is 0. The van der Waals surface area contributed by atoms with Gasteiger partial charge in [-0.1, -0.05) is 36.4 Å². The maximum Gasteiger partial charge on any atom is 0.415 e. The Labute approximate surface area is 226 Å². The Kier molecular flexibility index (Phi) is 9.04. The van der Waals surface area contributed by atoms with E-state index in [4.69, 9.17) is 9.47 Å². The first-order valence-electron chi connectivity index (χ1n) is 12.4. The van der Waals surface area contributed by atoms with E-state index >= 15 is 0 Å². The monoisotopic (exact) mass is 574 g/mol. The summed E-state index contributed by atoms with van der Waals surface area (Å²) in [4.78, 5) is 15.8. The minimum atomic E-state index is -0.465. The summed E-state index contributed by atoms with van der Waals surface area (Å²) in [7, 11) is 0. The van der Waals surface area contributed by atoms with Gasteiger partial charge in [0.15, 0.2) is 6.10 Å². The van der Waals surface area contributed by atoms with Crippen molar-refractivity contribution in [2.75, 3.05) is 37.7 Å². The van der Waals surface area contributed by atoms with E-state index in [1.165, 1.54) is 11.0 Å². The van der Waals surface area contributed by atoms with E-state index in [0.717, 1.165) is 60.6 Å². The fourth-order valence-corrected chi connectivity index (χ4v) is 6.14. The first kappa shape index (κ1) is 26.6. The predicted molar refractivity (Wildman–Crippen MR) is 136 cm³/mol. The number of ether oxygens (including phenoxy) is 2. The Bertz CT molecular complexity index is 1110. The van der Waals surface area contributed by atoms with Crippen LogP contribution in [-0.4, -0.2) is 49.5 Å². The maximum absolute atomic E-state index is 14.7. The van der Waals surface area contributed by atoms with Crippen LogP contribution in [0.1, 0.15) is 24.1 Å². The summed E-state index contributed by atoms with van der Waals surface area (Å²) in [5.41, 5.74) is 0.258. The van der Waals surface area contributed by atoms with Crippen molar-refractivity contribution in [2.24, 2.45) is 5.92 Å². The number of thiophene rings is 1. The Balaban J connectivity index is 0.00000304. The summed E-state index contributed by atoms with van der Waals surface area (Å²) in [5, 5.41) is 1.96. The molecule has 1 amide bonds. The van der Waals surface area contributed by atoms with Crippen molar-refractivity contribution in [3.8, 4) is 5.75 Å². The Morgan fingerprint density at radius 1 is 1.03 bits per heavy atom. The van der Waals surface area contributed by atoms with E-state index in [2.05, 4.69) is 0 Å². The van der Waals surface area contributed by atoms with Gasteiger partial charge in [-0.15, -0.1) is 11.3 Å². The molecule has 1 atom stereocenters. The summed E-state index contributed by atoms with van der Waals surface area (Å²) in [6.45, 7) is 5.06. The number of hydrogen-bond donors (Lipinski definition) is 0. The molecule has 3 saturated heterocycles. The molecule has 3 aromatic rings. The number of hydrogen-bond acceptors (Lipinski definition) is 4. The molecule has 3 aliphatic rings. The molecule has 3 fully saturated rings. The van der Waals surface area contributed by atoms with Gasteiger partial charge < -0.3 is 30.9 Å². The Morgan fingerprint density at radius 3 is 2.50 bits per heavy atom. The van der Waals surface area contributed by atoms with Crippen molar-refractivity contribution < 1.29 is 40.1 Å². The van der Waals surface area contributed by atoms with Gasteiger partial charge in [-0.2, -0.15) is 0 Å². The van der Waals surface area contributed by atoms with Crippen molar-refractivity contribution in [1.82, 2.24) is 0 Å². The lowest BCUT2D eigenvalue weighted by atomic mass is 9.83. The van der Waals surface area contributed by atoms with Crippen LogP contribution in [0.5, 0.6) is 5.75 Å². The number of anilines is 1. The van der Waals surface area contributed by atoms with Gasteiger partial charge in [0.2, 0.25) is 0 Å². The summed E-state index contributed by atoms with van der Waals surface area (Å²) in [6, 6.07) is 20.2. The highest BCUT2D eigenvalue weighted by Gasteiger charge is 2.47. The first-order chi connectivity index (χ1) is 17.1. The van der Waals surface area contributed by atoms with Crippen LogP contribution < -0.4 is 26.6 Å². The lowest BCUT2D eigenvalue weighted by Crippen LogP contribution is -3.00. The molecule has 4 heterocycles. The molecule has 5 nitrogen and oxygen atoms in total. The summed E-state index contributed by atoms with van der Waals surface area (Å²) in [5.74, 6) is 0.858. The van der Waals surface area contributed by atoms with Crippen LogP contribution in [-0.2, 0) is 11.3 Å². The fourth-order valence-electron chi connectivity index (χ4n) is 5.45. The van der Waals surface area contributed by atoms with Gasteiger partial charge in [0, 0.05) is 30.1 Å². The van der Waals surface area contributed by atoms with Crippen LogP contribution >= 0.6 is 11.3 Å². The molecule has 1 aromatic heterocycles. The molecule has 6 rings (SSSR count). The van der Waals surface area contributed by atoms with Gasteiger partial charge in [0.1, 0.15) is 18.1 Å². The standard InChI is InChI=1S/C28H32FN2O3S.BrH/c29-25-11-4-5-12-26(25)30(20-24-10-6-19-35-24)28(32)34-27-21-31(16-13-22(27)14-17-31)15-7-18-33-23-8-2-1-3-9-23;/h1-6,8-12,19,22,27H,7,13-18,20-21H2;1H/q+1;/p-1/t22?,27-,31?;/m0./s1. The van der Waals surface area contributed by atoms with Crippen LogP contribution in [0.4, 0.5) is 14.9 Å². The highest BCUT2D eigenvalue weighted by molar-refractivity contribution is 7.09. The predicted octanol–water partition coefficient (Wildman–Crippen LogP) is 3.11. The van der Waals surface area contributed by atoms with Crippen molar-refractivity contribution >= 4 is 23.1 Å². The van der Waals surface area contributed by atoms with Crippen LogP contribution in [0.3, 0.4) is 0 Å². The van der Waals surface area contributed by atoms with Gasteiger partial charge in [0.05, 0.1) is 38.5 Å². The second kappa shape index (κ2) is 12.2. The summed E-state index contributed by atoms with van der Waals surface area (Å²) >= 11 is 1.55. The Morgan fingerprint density at radius 2 is 1.78 bits per heavy atom. The van der Waals surface area contributed by atoms with Crippen LogP contribution in [0.2, 0.25) is 0 Å². The van der Waals surface area contributed by atoms with Gasteiger partial charge in [-0.3, -0.25) is 4.90 Å². The summed E-state index contributed by atoms with van der Waals surface area (Å²) in [6.07, 6.45) is 2.47. The second-order valence-corrected chi connectivity index (χ2v) is 10.6. The molecule has 0 N–H and O–H groups in total. The second-order valence-electron chi connectivity index (χ2n) is 9.59. The summed E-state index contributed by atoms with van der Waals surface area (Å²) < 4.78 is 27.6. The molecular formula is C28H32BrFN2O3S. The molecule has 0 aliphatic carbocycles. The number of nitrogens with zero attached hydrogens (tertiary/aromatic N) is 2. The lowest BCUT2D eigenvalue weighted by molar-refractivity contribution is -0.946. The molecule has 36 heavy (non-hydrogen) atoms. The number of amides is 1. The number of quaternary nitrogens is 1. The highest BCUT2D eigenvalue weighted by atomic mass is 79.9. The zero-order valence-corrected chi connectivity index (χ0v) is 22.6. The van der Waals surface area contributed by atoms with Crippen LogP contribution in [0.15, 0.2) is 72.1 Å². The highest BCUT2D eigenvalue weighted by Crippen LogP contribution is 2.36. The molecule has 2 aromatic carbocycles. The molecule has 2 bridgehead atoms. The number of benzene rings is 2. The van der Waals surface area contributed by atoms with Crippen molar-refractivity contribution in [2.45, 2.75) is 31.9 Å². The van der Waals surface area contributed by atoms with Crippen LogP contribution in [0.25, 0.3) is 0 Å². The molecule has 3 aliphatic heterocycles. The normalized spacial score (nSPS) is 22.5. The number of carbonyl (C=O) groups excluding carboxylic acids is 1. The van der Waals surface area contributed by atoms with E-state index in [1.54, 1.807) is 29.5 Å². The lowest BCUT2D eigenvalue weighted by Gasteiger charge is -2.52. The van der Waals surface area contributed by atoms with Crippen molar-refractivity contribution in [3.63, 3.8) is 0 Å². The molecule has 0 spiro atoms. The smallest absolute Gasteiger partial charge is 0.415 e. The van der Waals surface area contributed by atoms with E-state index < -0.39 is 11.9 Å². The third-order valence-electron chi connectivity index (χ3n) is 7.34. The number of rotatable bonds is 9. The quantitative estimate of drug-likeness (QED) is 0.291. The third kappa shape index (κ3) is 6.28. The van der Waals surface area contributed by atoms with E-state index in [-0.39, 0.29) is 28.8 Å². The molecular weight excluding hydrogens is 543 g/mol. The third-order valence-corrected chi connectivity index (χ3v) is 8.20. The van der Waals surface area contributed by atoms with Crippen molar-refractivity contribution in [3.05, 3.63) is 82.8 Å². The maximum atomic E-state index is 14.7. The number of halogens is 2. The van der Waals surface area contributed by atoms with Gasteiger partial charge in [-0.25, -0.2) is 9.18 Å². The number of fused-ring (bicyclic) bond motifs is 3. The number of piperidine rings is 3. The topological polar surface area (TPSA) is 38.8 Å². The molecule has 8 heteroatoms. The van der Waals surface area contributed by atoms with Crippen LogP contribution in [0, 0.1) is 11.7 Å². The van der Waals surface area contributed by atoms with Crippen molar-refractivity contribution in [1.29, 1.82) is 0 Å². The van der Waals surface area contributed by atoms with Gasteiger partial charge in [0.25, 0.3) is 0 Å². The Hall–Kier alpha value is -2.42. The molecule has 0 saturated carbocycles. The number of para-hydroxylation sites is 2. The van der Waals surface area contributed by atoms with E-state index in [9.17, 15) is 9.18 Å².